The maximum atomic E-state index is 12.0. The van der Waals surface area contributed by atoms with Crippen molar-refractivity contribution in [1.82, 2.24) is 4.90 Å². The SMILES string of the molecule is CC(CN(C)C(=O)Nc1cc2c(cc1Cl)OCO2)C(=O)O. The van der Waals surface area contributed by atoms with Crippen molar-refractivity contribution >= 4 is 29.3 Å². The number of amides is 2. The molecule has 1 heterocycles. The molecule has 0 aliphatic carbocycles. The molecule has 1 aromatic rings. The molecule has 2 amide bonds. The summed E-state index contributed by atoms with van der Waals surface area (Å²) in [7, 11) is 1.51. The number of benzene rings is 1. The summed E-state index contributed by atoms with van der Waals surface area (Å²) in [5.41, 5.74) is 0.376. The summed E-state index contributed by atoms with van der Waals surface area (Å²) >= 11 is 6.05. The number of halogens is 1. The van der Waals surface area contributed by atoms with E-state index in [2.05, 4.69) is 5.32 Å². The van der Waals surface area contributed by atoms with E-state index in [4.69, 9.17) is 26.2 Å². The van der Waals surface area contributed by atoms with Gasteiger partial charge in [0.15, 0.2) is 11.5 Å². The molecule has 114 valence electrons. The Hall–Kier alpha value is -2.15. The highest BCUT2D eigenvalue weighted by atomic mass is 35.5. The number of carboxylic acids is 1. The number of hydrogen-bond donors (Lipinski definition) is 2. The molecule has 0 fully saturated rings. The number of hydrogen-bond acceptors (Lipinski definition) is 4. The van der Waals surface area contributed by atoms with Gasteiger partial charge in [0.2, 0.25) is 6.79 Å². The third kappa shape index (κ3) is 3.49. The predicted molar refractivity (Wildman–Crippen MR) is 76.0 cm³/mol. The Morgan fingerprint density at radius 2 is 2.05 bits per heavy atom. The van der Waals surface area contributed by atoms with Gasteiger partial charge in [0.25, 0.3) is 0 Å². The number of carbonyl (C=O) groups excluding carboxylic acids is 1. The van der Waals surface area contributed by atoms with E-state index >= 15 is 0 Å². The molecule has 21 heavy (non-hydrogen) atoms. The first-order chi connectivity index (χ1) is 9.88. The Bertz CT molecular complexity index is 578. The van der Waals surface area contributed by atoms with Crippen LogP contribution in [0.2, 0.25) is 5.02 Å². The van der Waals surface area contributed by atoms with Crippen LogP contribution in [0.15, 0.2) is 12.1 Å². The summed E-state index contributed by atoms with van der Waals surface area (Å²) in [5.74, 6) is -0.606. The van der Waals surface area contributed by atoms with Gasteiger partial charge in [-0.25, -0.2) is 4.79 Å². The van der Waals surface area contributed by atoms with Crippen LogP contribution in [0.25, 0.3) is 0 Å². The molecule has 0 spiro atoms. The molecule has 1 atom stereocenters. The van der Waals surface area contributed by atoms with E-state index in [1.807, 2.05) is 0 Å². The molecule has 0 bridgehead atoms. The molecule has 2 rings (SSSR count). The van der Waals surface area contributed by atoms with Crippen molar-refractivity contribution in [1.29, 1.82) is 0 Å². The van der Waals surface area contributed by atoms with E-state index in [1.54, 1.807) is 12.1 Å². The topological polar surface area (TPSA) is 88.1 Å². The molecule has 2 N–H and O–H groups in total. The Morgan fingerprint density at radius 3 is 2.67 bits per heavy atom. The van der Waals surface area contributed by atoms with Gasteiger partial charge >= 0.3 is 12.0 Å². The predicted octanol–water partition coefficient (Wildman–Crippen LogP) is 2.25. The Labute approximate surface area is 126 Å². The normalized spacial score (nSPS) is 13.7. The van der Waals surface area contributed by atoms with E-state index in [0.717, 1.165) is 0 Å². The molecule has 8 heteroatoms. The minimum absolute atomic E-state index is 0.0866. The number of carboxylic acid groups (broad SMARTS) is 1. The largest absolute Gasteiger partial charge is 0.481 e. The number of ether oxygens (including phenoxy) is 2. The molecule has 0 aromatic heterocycles. The number of fused-ring (bicyclic) bond motifs is 1. The van der Waals surface area contributed by atoms with Crippen molar-refractivity contribution in [3.05, 3.63) is 17.2 Å². The van der Waals surface area contributed by atoms with E-state index in [9.17, 15) is 9.59 Å². The van der Waals surface area contributed by atoms with Crippen molar-refractivity contribution in [2.75, 3.05) is 25.7 Å². The zero-order valence-electron chi connectivity index (χ0n) is 11.6. The summed E-state index contributed by atoms with van der Waals surface area (Å²) in [5, 5.41) is 11.8. The van der Waals surface area contributed by atoms with Gasteiger partial charge in [0.05, 0.1) is 16.6 Å². The summed E-state index contributed by atoms with van der Waals surface area (Å²) in [6, 6.07) is 2.67. The van der Waals surface area contributed by atoms with Crippen molar-refractivity contribution < 1.29 is 24.2 Å². The van der Waals surface area contributed by atoms with Gasteiger partial charge in [-0.3, -0.25) is 4.79 Å². The molecule has 0 saturated carbocycles. The highest BCUT2D eigenvalue weighted by Gasteiger charge is 2.20. The van der Waals surface area contributed by atoms with Crippen molar-refractivity contribution in [3.63, 3.8) is 0 Å². The van der Waals surface area contributed by atoms with Crippen molar-refractivity contribution in [3.8, 4) is 11.5 Å². The summed E-state index contributed by atoms with van der Waals surface area (Å²) in [4.78, 5) is 24.1. The summed E-state index contributed by atoms with van der Waals surface area (Å²) < 4.78 is 10.4. The lowest BCUT2D eigenvalue weighted by Crippen LogP contribution is -2.36. The number of aliphatic carboxylic acids is 1. The first-order valence-electron chi connectivity index (χ1n) is 6.22. The van der Waals surface area contributed by atoms with Gasteiger partial charge in [-0.1, -0.05) is 18.5 Å². The number of urea groups is 1. The summed E-state index contributed by atoms with van der Waals surface area (Å²) in [6.07, 6.45) is 0. The lowest BCUT2D eigenvalue weighted by atomic mass is 10.2. The average molecular weight is 315 g/mol. The standard InChI is InChI=1S/C13H15ClN2O5/c1-7(12(17)18)5-16(2)13(19)15-9-4-11-10(3-8(9)14)20-6-21-11/h3-4,7H,5-6H2,1-2H3,(H,15,19)(H,17,18). The number of carbonyl (C=O) groups is 2. The second kappa shape index (κ2) is 6.09. The fraction of sp³-hybridized carbons (Fsp3) is 0.385. The lowest BCUT2D eigenvalue weighted by molar-refractivity contribution is -0.141. The van der Waals surface area contributed by atoms with Crippen LogP contribution in [0.1, 0.15) is 6.92 Å². The monoisotopic (exact) mass is 314 g/mol. The molecule has 1 aliphatic rings. The van der Waals surface area contributed by atoms with Crippen molar-refractivity contribution in [2.45, 2.75) is 6.92 Å². The number of rotatable bonds is 4. The Kier molecular flexibility index (Phi) is 4.42. The molecule has 1 aliphatic heterocycles. The highest BCUT2D eigenvalue weighted by Crippen LogP contribution is 2.39. The fourth-order valence-corrected chi connectivity index (χ4v) is 2.00. The van der Waals surface area contributed by atoms with Crippen LogP contribution in [0.4, 0.5) is 10.5 Å². The van der Waals surface area contributed by atoms with Crippen molar-refractivity contribution in [2.24, 2.45) is 5.92 Å². The quantitative estimate of drug-likeness (QED) is 0.890. The van der Waals surface area contributed by atoms with Crippen LogP contribution < -0.4 is 14.8 Å². The maximum absolute atomic E-state index is 12.0. The number of nitrogens with one attached hydrogen (secondary N) is 1. The second-order valence-electron chi connectivity index (χ2n) is 4.74. The van der Waals surface area contributed by atoms with Crippen LogP contribution in [0.3, 0.4) is 0 Å². The number of anilines is 1. The molecule has 7 nitrogen and oxygen atoms in total. The van der Waals surface area contributed by atoms with E-state index in [0.29, 0.717) is 22.2 Å². The van der Waals surface area contributed by atoms with E-state index < -0.39 is 17.9 Å². The van der Waals surface area contributed by atoms with Gasteiger partial charge in [-0.05, 0) is 0 Å². The van der Waals surface area contributed by atoms with Gasteiger partial charge in [-0.2, -0.15) is 0 Å². The molecular formula is C13H15ClN2O5. The van der Waals surface area contributed by atoms with E-state index in [-0.39, 0.29) is 13.3 Å². The molecule has 0 radical (unpaired) electrons. The Morgan fingerprint density at radius 1 is 1.43 bits per heavy atom. The van der Waals surface area contributed by atoms with Crippen LogP contribution in [0.5, 0.6) is 11.5 Å². The smallest absolute Gasteiger partial charge is 0.321 e. The molecule has 1 unspecified atom stereocenters. The molecular weight excluding hydrogens is 300 g/mol. The minimum atomic E-state index is -0.962. The fourth-order valence-electron chi connectivity index (χ4n) is 1.80. The number of nitrogens with zero attached hydrogens (tertiary/aromatic N) is 1. The second-order valence-corrected chi connectivity index (χ2v) is 5.14. The Balaban J connectivity index is 2.04. The maximum Gasteiger partial charge on any atom is 0.321 e. The van der Waals surface area contributed by atoms with Gasteiger partial charge in [0, 0.05) is 25.7 Å². The minimum Gasteiger partial charge on any atom is -0.481 e. The zero-order valence-corrected chi connectivity index (χ0v) is 12.3. The lowest BCUT2D eigenvalue weighted by Gasteiger charge is -2.20. The first kappa shape index (κ1) is 15.2. The van der Waals surface area contributed by atoms with Crippen LogP contribution in [-0.4, -0.2) is 42.4 Å². The molecule has 1 aromatic carbocycles. The van der Waals surface area contributed by atoms with Gasteiger partial charge in [0.1, 0.15) is 0 Å². The third-order valence-electron chi connectivity index (χ3n) is 3.02. The van der Waals surface area contributed by atoms with Gasteiger partial charge in [-0.15, -0.1) is 0 Å². The van der Waals surface area contributed by atoms with Crippen LogP contribution in [0, 0.1) is 5.92 Å². The first-order valence-corrected chi connectivity index (χ1v) is 6.60. The summed E-state index contributed by atoms with van der Waals surface area (Å²) in [6.45, 7) is 1.72. The van der Waals surface area contributed by atoms with Crippen LogP contribution >= 0.6 is 11.6 Å². The van der Waals surface area contributed by atoms with Crippen LogP contribution in [-0.2, 0) is 4.79 Å². The van der Waals surface area contributed by atoms with E-state index in [1.165, 1.54) is 18.9 Å². The zero-order chi connectivity index (χ0) is 15.6. The van der Waals surface area contributed by atoms with Gasteiger partial charge < -0.3 is 24.8 Å². The third-order valence-corrected chi connectivity index (χ3v) is 3.33. The average Bonchev–Trinajstić information content (AvgIpc) is 2.85. The highest BCUT2D eigenvalue weighted by molar-refractivity contribution is 6.34. The molecule has 0 saturated heterocycles.